The Labute approximate surface area is 127 Å². The van der Waals surface area contributed by atoms with Crippen LogP contribution in [0.2, 0.25) is 0 Å². The van der Waals surface area contributed by atoms with Crippen molar-refractivity contribution in [3.63, 3.8) is 0 Å². The molecule has 0 aliphatic rings. The normalized spacial score (nSPS) is 10.4. The third-order valence-corrected chi connectivity index (χ3v) is 3.86. The van der Waals surface area contributed by atoms with Crippen LogP contribution in [0.25, 0.3) is 0 Å². The van der Waals surface area contributed by atoms with Gasteiger partial charge in [-0.2, -0.15) is 0 Å². The van der Waals surface area contributed by atoms with Gasteiger partial charge >= 0.3 is 0 Å². The number of rotatable bonds is 3. The fourth-order valence-corrected chi connectivity index (χ4v) is 2.41. The Bertz CT molecular complexity index is 582. The predicted molar refractivity (Wildman–Crippen MR) is 81.2 cm³/mol. The van der Waals surface area contributed by atoms with Crippen molar-refractivity contribution in [2.45, 2.75) is 6.54 Å². The zero-order valence-electron chi connectivity index (χ0n) is 9.65. The van der Waals surface area contributed by atoms with Gasteiger partial charge in [0, 0.05) is 27.5 Å². The lowest BCUT2D eigenvalue weighted by Gasteiger charge is -2.07. The highest BCUT2D eigenvalue weighted by molar-refractivity contribution is 14.1. The lowest BCUT2D eigenvalue weighted by Crippen LogP contribution is -2.24. The molecule has 1 aromatic carbocycles. The number of aromatic nitrogens is 2. The van der Waals surface area contributed by atoms with Crippen LogP contribution in [-0.2, 0) is 13.6 Å². The van der Waals surface area contributed by atoms with E-state index >= 15 is 0 Å². The summed E-state index contributed by atoms with van der Waals surface area (Å²) in [5.41, 5.74) is 0.635. The molecule has 0 aliphatic heterocycles. The highest BCUT2D eigenvalue weighted by atomic mass is 127. The van der Waals surface area contributed by atoms with Crippen LogP contribution >= 0.6 is 38.5 Å². The molecule has 0 bridgehead atoms. The zero-order chi connectivity index (χ0) is 13.1. The van der Waals surface area contributed by atoms with Crippen molar-refractivity contribution >= 4 is 44.4 Å². The third kappa shape index (κ3) is 3.11. The second-order valence-electron chi connectivity index (χ2n) is 3.76. The number of carbonyl (C=O) groups is 1. The Morgan fingerprint density at radius 3 is 3.00 bits per heavy atom. The van der Waals surface area contributed by atoms with Gasteiger partial charge in [0.15, 0.2) is 0 Å². The Morgan fingerprint density at radius 2 is 2.33 bits per heavy atom. The van der Waals surface area contributed by atoms with Crippen LogP contribution < -0.4 is 5.32 Å². The van der Waals surface area contributed by atoms with E-state index in [1.54, 1.807) is 6.20 Å². The van der Waals surface area contributed by atoms with Crippen molar-refractivity contribution in [3.8, 4) is 0 Å². The molecule has 2 rings (SSSR count). The summed E-state index contributed by atoms with van der Waals surface area (Å²) in [7, 11) is 1.90. The molecular weight excluding hydrogens is 409 g/mol. The van der Waals surface area contributed by atoms with Gasteiger partial charge in [-0.3, -0.25) is 4.79 Å². The molecule has 1 heterocycles. The molecule has 0 fully saturated rings. The number of hydrogen-bond acceptors (Lipinski definition) is 2. The topological polar surface area (TPSA) is 46.9 Å². The molecule has 0 aliphatic carbocycles. The number of benzene rings is 1. The second-order valence-corrected chi connectivity index (χ2v) is 5.86. The van der Waals surface area contributed by atoms with Crippen molar-refractivity contribution < 1.29 is 4.79 Å². The first-order valence-corrected chi connectivity index (χ1v) is 7.14. The van der Waals surface area contributed by atoms with E-state index in [1.165, 1.54) is 0 Å². The molecule has 0 atom stereocenters. The Kier molecular flexibility index (Phi) is 4.39. The van der Waals surface area contributed by atoms with E-state index in [0.717, 1.165) is 13.9 Å². The van der Waals surface area contributed by atoms with E-state index in [0.29, 0.717) is 12.1 Å². The lowest BCUT2D eigenvalue weighted by atomic mass is 10.2. The zero-order valence-corrected chi connectivity index (χ0v) is 13.4. The fourth-order valence-electron chi connectivity index (χ4n) is 1.49. The summed E-state index contributed by atoms with van der Waals surface area (Å²) < 4.78 is 3.70. The number of aryl methyl sites for hydroxylation is 1. The molecule has 0 radical (unpaired) electrons. The Hall–Kier alpha value is -0.890. The van der Waals surface area contributed by atoms with E-state index in [9.17, 15) is 4.79 Å². The minimum Gasteiger partial charge on any atom is -0.345 e. The fraction of sp³-hybridized carbons (Fsp3) is 0.167. The van der Waals surface area contributed by atoms with Gasteiger partial charge in [-0.1, -0.05) is 0 Å². The lowest BCUT2D eigenvalue weighted by molar-refractivity contribution is 0.0949. The summed E-state index contributed by atoms with van der Waals surface area (Å²) in [6, 6.07) is 5.66. The highest BCUT2D eigenvalue weighted by Crippen LogP contribution is 2.19. The molecule has 0 unspecified atom stereocenters. The number of hydrogen-bond donors (Lipinski definition) is 1. The number of amides is 1. The summed E-state index contributed by atoms with van der Waals surface area (Å²) in [5, 5.41) is 2.85. The Morgan fingerprint density at radius 1 is 1.56 bits per heavy atom. The van der Waals surface area contributed by atoms with Gasteiger partial charge in [0.05, 0.1) is 12.1 Å². The molecule has 0 spiro atoms. The van der Waals surface area contributed by atoms with Crippen LogP contribution in [-0.4, -0.2) is 15.5 Å². The quantitative estimate of drug-likeness (QED) is 0.777. The molecule has 18 heavy (non-hydrogen) atoms. The van der Waals surface area contributed by atoms with Gasteiger partial charge in [0.2, 0.25) is 0 Å². The maximum atomic E-state index is 12.0. The molecule has 4 nitrogen and oxygen atoms in total. The van der Waals surface area contributed by atoms with E-state index in [2.05, 4.69) is 48.8 Å². The van der Waals surface area contributed by atoms with Gasteiger partial charge < -0.3 is 9.88 Å². The molecule has 1 aromatic heterocycles. The summed E-state index contributed by atoms with van der Waals surface area (Å²) >= 11 is 5.56. The first-order chi connectivity index (χ1) is 8.58. The molecule has 2 aromatic rings. The molecule has 0 saturated carbocycles. The molecule has 1 N–H and O–H groups in total. The second kappa shape index (κ2) is 5.83. The Balaban J connectivity index is 2.08. The molecule has 0 saturated heterocycles. The summed E-state index contributed by atoms with van der Waals surface area (Å²) in [6.45, 7) is 0.417. The van der Waals surface area contributed by atoms with E-state index in [4.69, 9.17) is 0 Å². The van der Waals surface area contributed by atoms with Crippen LogP contribution in [0.1, 0.15) is 16.2 Å². The molecule has 1 amide bonds. The van der Waals surface area contributed by atoms with Crippen LogP contribution in [0.15, 0.2) is 35.1 Å². The van der Waals surface area contributed by atoms with Crippen molar-refractivity contribution in [2.24, 2.45) is 7.05 Å². The van der Waals surface area contributed by atoms with Gasteiger partial charge in [-0.05, 0) is 56.7 Å². The van der Waals surface area contributed by atoms with Gasteiger partial charge in [-0.25, -0.2) is 4.98 Å². The average molecular weight is 420 g/mol. The summed E-state index contributed by atoms with van der Waals surface area (Å²) in [5.74, 6) is 0.716. The minimum absolute atomic E-state index is 0.108. The third-order valence-electron chi connectivity index (χ3n) is 2.50. The summed E-state index contributed by atoms with van der Waals surface area (Å²) in [4.78, 5) is 16.2. The van der Waals surface area contributed by atoms with Crippen LogP contribution in [0.3, 0.4) is 0 Å². The molecule has 94 valence electrons. The van der Waals surface area contributed by atoms with Crippen molar-refractivity contribution in [1.29, 1.82) is 0 Å². The standard InChI is InChI=1S/C12H11BrIN3O/c1-17-5-4-15-11(17)7-16-12(18)9-6-8(14)2-3-10(9)13/h2-6H,7H2,1H3,(H,16,18). The van der Waals surface area contributed by atoms with Gasteiger partial charge in [0.25, 0.3) is 5.91 Å². The smallest absolute Gasteiger partial charge is 0.252 e. The van der Waals surface area contributed by atoms with Gasteiger partial charge in [0.1, 0.15) is 5.82 Å². The van der Waals surface area contributed by atoms with Crippen molar-refractivity contribution in [1.82, 2.24) is 14.9 Å². The minimum atomic E-state index is -0.108. The number of imidazole rings is 1. The monoisotopic (exact) mass is 419 g/mol. The average Bonchev–Trinajstić information content (AvgIpc) is 2.75. The predicted octanol–water partition coefficient (Wildman–Crippen LogP) is 2.72. The number of nitrogens with zero attached hydrogens (tertiary/aromatic N) is 2. The molecule has 6 heteroatoms. The maximum Gasteiger partial charge on any atom is 0.252 e. The van der Waals surface area contributed by atoms with E-state index in [-0.39, 0.29) is 5.91 Å². The SMILES string of the molecule is Cn1ccnc1CNC(=O)c1cc(I)ccc1Br. The first kappa shape index (κ1) is 13.5. The number of halogens is 2. The van der Waals surface area contributed by atoms with Gasteiger partial charge in [-0.15, -0.1) is 0 Å². The van der Waals surface area contributed by atoms with E-state index < -0.39 is 0 Å². The largest absolute Gasteiger partial charge is 0.345 e. The highest BCUT2D eigenvalue weighted by Gasteiger charge is 2.11. The number of nitrogens with one attached hydrogen (secondary N) is 1. The van der Waals surface area contributed by atoms with E-state index in [1.807, 2.05) is 36.0 Å². The molecular formula is C12H11BrIN3O. The number of carbonyl (C=O) groups excluding carboxylic acids is 1. The van der Waals surface area contributed by atoms with Crippen LogP contribution in [0.4, 0.5) is 0 Å². The maximum absolute atomic E-state index is 12.0. The van der Waals surface area contributed by atoms with Crippen molar-refractivity contribution in [3.05, 3.63) is 50.0 Å². The van der Waals surface area contributed by atoms with Crippen LogP contribution in [0, 0.1) is 3.57 Å². The summed E-state index contributed by atoms with van der Waals surface area (Å²) in [6.07, 6.45) is 3.56. The van der Waals surface area contributed by atoms with Crippen molar-refractivity contribution in [2.75, 3.05) is 0 Å². The van der Waals surface area contributed by atoms with Crippen LogP contribution in [0.5, 0.6) is 0 Å². The first-order valence-electron chi connectivity index (χ1n) is 5.27.